The van der Waals surface area contributed by atoms with Gasteiger partial charge in [-0.05, 0) is 40.7 Å². The maximum absolute atomic E-state index is 13.3. The Morgan fingerprint density at radius 1 is 0.912 bits per heavy atom. The summed E-state index contributed by atoms with van der Waals surface area (Å²) in [6, 6.07) is 10.3. The van der Waals surface area contributed by atoms with Gasteiger partial charge in [-0.2, -0.15) is 0 Å². The van der Waals surface area contributed by atoms with Crippen molar-refractivity contribution in [3.05, 3.63) is 48.0 Å². The largest absolute Gasteiger partial charge is 0.480 e. The lowest BCUT2D eigenvalue weighted by Crippen LogP contribution is -2.58. The highest BCUT2D eigenvalue weighted by Gasteiger charge is 2.39. The summed E-state index contributed by atoms with van der Waals surface area (Å²) in [6.07, 6.45) is 0.214. The Hall–Kier alpha value is -3.42. The molecule has 0 fully saturated rings. The van der Waals surface area contributed by atoms with E-state index in [0.717, 1.165) is 10.8 Å². The lowest BCUT2D eigenvalue weighted by molar-refractivity contribution is -0.145. The van der Waals surface area contributed by atoms with Crippen LogP contribution in [0.25, 0.3) is 10.8 Å². The molecule has 0 spiro atoms. The van der Waals surface area contributed by atoms with Crippen LogP contribution in [-0.4, -0.2) is 47.9 Å². The Morgan fingerprint density at radius 2 is 1.53 bits per heavy atom. The monoisotopic (exact) mass is 469 g/mol. The number of hydrogen-bond donors (Lipinski definition) is 4. The number of carboxylic acid groups (broad SMARTS) is 1. The van der Waals surface area contributed by atoms with Gasteiger partial charge in [0.25, 0.3) is 5.91 Å². The van der Waals surface area contributed by atoms with Crippen molar-refractivity contribution in [2.75, 3.05) is 7.05 Å². The number of amides is 3. The SMILES string of the molecule is CNC(=O)[C@@H](NC(=O)[C@H](CC(C)C)[C@H](NC(=O)c1ccc2ccccc2c1)C(=O)O)C(C)(C)C. The minimum Gasteiger partial charge on any atom is -0.480 e. The van der Waals surface area contributed by atoms with E-state index in [0.29, 0.717) is 5.56 Å². The molecule has 0 saturated carbocycles. The number of carbonyl (C=O) groups excluding carboxylic acids is 3. The average Bonchev–Trinajstić information content (AvgIpc) is 2.77. The Balaban J connectivity index is 2.34. The van der Waals surface area contributed by atoms with Gasteiger partial charge in [-0.1, -0.05) is 65.0 Å². The van der Waals surface area contributed by atoms with E-state index in [1.165, 1.54) is 7.05 Å². The van der Waals surface area contributed by atoms with Gasteiger partial charge in [-0.25, -0.2) is 4.79 Å². The number of hydrogen-bond acceptors (Lipinski definition) is 4. The zero-order valence-corrected chi connectivity index (χ0v) is 20.6. The maximum atomic E-state index is 13.3. The molecule has 3 atom stereocenters. The molecule has 2 aromatic carbocycles. The quantitative estimate of drug-likeness (QED) is 0.449. The van der Waals surface area contributed by atoms with Gasteiger partial charge < -0.3 is 21.1 Å². The Bertz CT molecular complexity index is 1060. The van der Waals surface area contributed by atoms with E-state index >= 15 is 0 Å². The summed E-state index contributed by atoms with van der Waals surface area (Å²) < 4.78 is 0. The third kappa shape index (κ3) is 6.79. The molecule has 0 heterocycles. The van der Waals surface area contributed by atoms with Crippen LogP contribution in [0.2, 0.25) is 0 Å². The number of fused-ring (bicyclic) bond motifs is 1. The van der Waals surface area contributed by atoms with Gasteiger partial charge in [0.05, 0.1) is 5.92 Å². The summed E-state index contributed by atoms with van der Waals surface area (Å²) in [5.74, 6) is -3.97. The number of nitrogens with one attached hydrogen (secondary N) is 3. The van der Waals surface area contributed by atoms with Crippen molar-refractivity contribution in [1.29, 1.82) is 0 Å². The van der Waals surface area contributed by atoms with Crippen molar-refractivity contribution in [1.82, 2.24) is 16.0 Å². The van der Waals surface area contributed by atoms with Crippen molar-refractivity contribution in [3.63, 3.8) is 0 Å². The molecule has 0 unspecified atom stereocenters. The molecule has 0 radical (unpaired) electrons. The lowest BCUT2D eigenvalue weighted by atomic mass is 9.84. The summed E-state index contributed by atoms with van der Waals surface area (Å²) in [7, 11) is 1.47. The molecule has 0 aromatic heterocycles. The minimum absolute atomic E-state index is 0.0248. The molecule has 0 bridgehead atoms. The zero-order valence-electron chi connectivity index (χ0n) is 20.6. The minimum atomic E-state index is -1.47. The molecule has 0 aliphatic heterocycles. The van der Waals surface area contributed by atoms with E-state index in [1.54, 1.807) is 39.0 Å². The smallest absolute Gasteiger partial charge is 0.327 e. The molecule has 0 saturated heterocycles. The lowest BCUT2D eigenvalue weighted by Gasteiger charge is -2.33. The van der Waals surface area contributed by atoms with Gasteiger partial charge >= 0.3 is 5.97 Å². The topological polar surface area (TPSA) is 125 Å². The molecule has 8 nitrogen and oxygen atoms in total. The fraction of sp³-hybridized carbons (Fsp3) is 0.462. The van der Waals surface area contributed by atoms with Crippen molar-refractivity contribution in [2.45, 2.75) is 53.1 Å². The van der Waals surface area contributed by atoms with Crippen molar-refractivity contribution >= 4 is 34.5 Å². The summed E-state index contributed by atoms with van der Waals surface area (Å²) in [4.78, 5) is 50.9. The first-order valence-electron chi connectivity index (χ1n) is 11.4. The number of benzene rings is 2. The summed E-state index contributed by atoms with van der Waals surface area (Å²) in [5.41, 5.74) is -0.308. The number of rotatable bonds is 9. The van der Waals surface area contributed by atoms with Crippen LogP contribution in [0.5, 0.6) is 0 Å². The van der Waals surface area contributed by atoms with Gasteiger partial charge in [0.2, 0.25) is 11.8 Å². The normalized spacial score (nSPS) is 14.2. The van der Waals surface area contributed by atoms with Crippen LogP contribution in [0, 0.1) is 17.3 Å². The van der Waals surface area contributed by atoms with Crippen LogP contribution in [0.15, 0.2) is 42.5 Å². The van der Waals surface area contributed by atoms with E-state index in [-0.39, 0.29) is 18.2 Å². The zero-order chi connectivity index (χ0) is 25.6. The second-order valence-corrected chi connectivity index (χ2v) is 10.0. The molecule has 8 heteroatoms. The van der Waals surface area contributed by atoms with Crippen LogP contribution in [0.1, 0.15) is 51.4 Å². The molecule has 34 heavy (non-hydrogen) atoms. The fourth-order valence-electron chi connectivity index (χ4n) is 3.86. The third-order valence-corrected chi connectivity index (χ3v) is 5.69. The van der Waals surface area contributed by atoms with Gasteiger partial charge in [-0.15, -0.1) is 0 Å². The third-order valence-electron chi connectivity index (χ3n) is 5.69. The van der Waals surface area contributed by atoms with Crippen molar-refractivity contribution in [2.24, 2.45) is 17.3 Å². The van der Waals surface area contributed by atoms with E-state index in [4.69, 9.17) is 0 Å². The highest BCUT2D eigenvalue weighted by Crippen LogP contribution is 2.23. The summed E-state index contributed by atoms with van der Waals surface area (Å²) in [5, 5.41) is 19.5. The van der Waals surface area contributed by atoms with Gasteiger partial charge in [0, 0.05) is 12.6 Å². The molecule has 4 N–H and O–H groups in total. The average molecular weight is 470 g/mol. The van der Waals surface area contributed by atoms with Crippen molar-refractivity contribution in [3.8, 4) is 0 Å². The number of carbonyl (C=O) groups is 4. The standard InChI is InChI=1S/C26H35N3O5/c1-15(2)13-19(23(31)29-21(24(32)27-6)26(3,4)5)20(25(33)34)28-22(30)18-12-11-16-9-7-8-10-17(16)14-18/h7-12,14-15,19-21H,13H2,1-6H3,(H,27,32)(H,28,30)(H,29,31)(H,33,34)/t19-,20+,21-/m1/s1. The predicted molar refractivity (Wildman–Crippen MR) is 131 cm³/mol. The molecule has 0 aliphatic rings. The highest BCUT2D eigenvalue weighted by molar-refractivity contribution is 6.01. The number of likely N-dealkylation sites (N-methyl/N-ethyl adjacent to an activating group) is 1. The molecule has 2 aromatic rings. The predicted octanol–water partition coefficient (Wildman–Crippen LogP) is 2.96. The maximum Gasteiger partial charge on any atom is 0.327 e. The van der Waals surface area contributed by atoms with Crippen LogP contribution in [0.4, 0.5) is 0 Å². The van der Waals surface area contributed by atoms with Gasteiger partial charge in [0.15, 0.2) is 0 Å². The Labute approximate surface area is 200 Å². The van der Waals surface area contributed by atoms with Crippen molar-refractivity contribution < 1.29 is 24.3 Å². The molecular weight excluding hydrogens is 434 g/mol. The molecule has 0 aliphatic carbocycles. The Morgan fingerprint density at radius 3 is 2.06 bits per heavy atom. The molecule has 3 amide bonds. The van der Waals surface area contributed by atoms with Crippen LogP contribution in [-0.2, 0) is 14.4 Å². The highest BCUT2D eigenvalue weighted by atomic mass is 16.4. The second-order valence-electron chi connectivity index (χ2n) is 10.0. The van der Waals surface area contributed by atoms with Gasteiger partial charge in [0.1, 0.15) is 12.1 Å². The van der Waals surface area contributed by atoms with Crippen LogP contribution < -0.4 is 16.0 Å². The first-order chi connectivity index (χ1) is 15.8. The van der Waals surface area contributed by atoms with Crippen LogP contribution >= 0.6 is 0 Å². The molecule has 2 rings (SSSR count). The summed E-state index contributed by atoms with van der Waals surface area (Å²) >= 11 is 0. The second kappa shape index (κ2) is 11.1. The van der Waals surface area contributed by atoms with E-state index < -0.39 is 41.2 Å². The van der Waals surface area contributed by atoms with Crippen LogP contribution in [0.3, 0.4) is 0 Å². The fourth-order valence-corrected chi connectivity index (χ4v) is 3.86. The first-order valence-corrected chi connectivity index (χ1v) is 11.4. The first kappa shape index (κ1) is 26.8. The number of carboxylic acids is 1. The van der Waals surface area contributed by atoms with E-state index in [2.05, 4.69) is 16.0 Å². The Kier molecular flexibility index (Phi) is 8.79. The number of aliphatic carboxylic acids is 1. The molecular formula is C26H35N3O5. The van der Waals surface area contributed by atoms with E-state index in [1.807, 2.05) is 38.1 Å². The summed E-state index contributed by atoms with van der Waals surface area (Å²) in [6.45, 7) is 9.15. The van der Waals surface area contributed by atoms with E-state index in [9.17, 15) is 24.3 Å². The molecule has 184 valence electrons. The van der Waals surface area contributed by atoms with Gasteiger partial charge in [-0.3, -0.25) is 14.4 Å².